The third kappa shape index (κ3) is 7.28. The minimum Gasteiger partial charge on any atom is -0.478 e. The van der Waals surface area contributed by atoms with E-state index in [-0.39, 0.29) is 11.5 Å². The lowest BCUT2D eigenvalue weighted by atomic mass is 9.92. The van der Waals surface area contributed by atoms with E-state index >= 15 is 0 Å². The predicted molar refractivity (Wildman–Crippen MR) is 197 cm³/mol. The largest absolute Gasteiger partial charge is 0.478 e. The summed E-state index contributed by atoms with van der Waals surface area (Å²) in [6.07, 6.45) is 1.99. The van der Waals surface area contributed by atoms with Gasteiger partial charge in [-0.15, -0.1) is 10.2 Å². The van der Waals surface area contributed by atoms with Crippen molar-refractivity contribution < 1.29 is 14.7 Å². The van der Waals surface area contributed by atoms with Gasteiger partial charge in [0.25, 0.3) is 0 Å². The van der Waals surface area contributed by atoms with Crippen LogP contribution in [-0.2, 0) is 4.79 Å². The van der Waals surface area contributed by atoms with E-state index in [9.17, 15) is 14.7 Å². The number of carbonyl (C=O) groups excluding carboxylic acids is 1. The maximum Gasteiger partial charge on any atom is 0.335 e. The molecule has 2 aromatic heterocycles. The number of unbranched alkanes of at least 4 members (excludes halogenated alkanes) is 1. The number of carbonyl (C=O) groups is 2. The summed E-state index contributed by atoms with van der Waals surface area (Å²) in [5.41, 5.74) is 8.43. The second kappa shape index (κ2) is 15.3. The number of amides is 1. The van der Waals surface area contributed by atoms with E-state index in [4.69, 9.17) is 0 Å². The number of nitrogens with one attached hydrogen (secondary N) is 4. The zero-order valence-corrected chi connectivity index (χ0v) is 28.1. The lowest BCUT2D eigenvalue weighted by Gasteiger charge is -2.24. The molecular weight excluding hydrogens is 656 g/mol. The number of carboxylic acid groups (broad SMARTS) is 1. The van der Waals surface area contributed by atoms with Gasteiger partial charge in [-0.3, -0.25) is 4.79 Å². The van der Waals surface area contributed by atoms with Gasteiger partial charge < -0.3 is 15.7 Å². The molecule has 1 amide bonds. The summed E-state index contributed by atoms with van der Waals surface area (Å²) in [4.78, 5) is 24.9. The summed E-state index contributed by atoms with van der Waals surface area (Å²) in [6.45, 7) is 2.02. The van der Waals surface area contributed by atoms with Crippen LogP contribution in [0.4, 0.5) is 11.4 Å². The standard InChI is InChI=1S/C39H34N10O3/c1-2-3-12-35(50)40-33-22-21-28(39(51)52)23-34(33)41-36(26-17-13-24(14-18-26)29-8-4-6-10-31(29)37-42-46-47-43-37)27-19-15-25(16-20-27)30-9-5-7-11-32(30)38-44-48-49-45-38/h4-11,13-23,36,41H,2-3,12H2,1H3,(H,40,50)(H,51,52)(H,42,43,46,47)(H,44,45,48,49). The molecule has 0 spiro atoms. The molecule has 7 aromatic rings. The number of benzene rings is 5. The molecule has 258 valence electrons. The summed E-state index contributed by atoms with van der Waals surface area (Å²) in [5, 5.41) is 45.3. The number of nitrogens with zero attached hydrogens (tertiary/aromatic N) is 6. The van der Waals surface area contributed by atoms with Gasteiger partial charge in [0, 0.05) is 17.5 Å². The fourth-order valence-corrected chi connectivity index (χ4v) is 6.11. The zero-order valence-electron chi connectivity index (χ0n) is 28.1. The molecule has 52 heavy (non-hydrogen) atoms. The number of H-pyrrole nitrogens is 2. The SMILES string of the molecule is CCCCC(=O)Nc1ccc(C(=O)O)cc1NC(c1ccc(-c2ccccc2-c2nnn[nH]2)cc1)c1ccc(-c2ccccc2-c2nnn[nH]2)cc1. The Morgan fingerprint density at radius 2 is 1.19 bits per heavy atom. The van der Waals surface area contributed by atoms with E-state index in [0.29, 0.717) is 29.4 Å². The first-order valence-electron chi connectivity index (χ1n) is 16.8. The first kappa shape index (κ1) is 33.5. The van der Waals surface area contributed by atoms with Crippen LogP contribution < -0.4 is 10.6 Å². The van der Waals surface area contributed by atoms with E-state index in [1.807, 2.05) is 104 Å². The van der Waals surface area contributed by atoms with Crippen molar-refractivity contribution in [2.75, 3.05) is 10.6 Å². The molecular formula is C39H34N10O3. The zero-order chi connectivity index (χ0) is 35.9. The van der Waals surface area contributed by atoms with Gasteiger partial charge in [0.1, 0.15) is 0 Å². The molecule has 2 heterocycles. The van der Waals surface area contributed by atoms with Gasteiger partial charge in [-0.25, -0.2) is 15.0 Å². The van der Waals surface area contributed by atoms with Crippen LogP contribution >= 0.6 is 0 Å². The van der Waals surface area contributed by atoms with E-state index in [0.717, 1.165) is 57.3 Å². The molecule has 0 unspecified atom stereocenters. The van der Waals surface area contributed by atoms with Gasteiger partial charge >= 0.3 is 5.97 Å². The number of aromatic carboxylic acids is 1. The summed E-state index contributed by atoms with van der Waals surface area (Å²) >= 11 is 0. The van der Waals surface area contributed by atoms with Crippen molar-refractivity contribution in [3.8, 4) is 45.0 Å². The number of hydrogen-bond donors (Lipinski definition) is 5. The molecule has 0 bridgehead atoms. The van der Waals surface area contributed by atoms with Crippen molar-refractivity contribution in [3.05, 3.63) is 132 Å². The minimum atomic E-state index is -1.07. The van der Waals surface area contributed by atoms with E-state index in [2.05, 4.69) is 51.9 Å². The molecule has 5 N–H and O–H groups in total. The molecule has 0 saturated heterocycles. The molecule has 0 atom stereocenters. The Hall–Kier alpha value is -7.02. The fourth-order valence-electron chi connectivity index (χ4n) is 6.11. The van der Waals surface area contributed by atoms with Gasteiger partial charge in [0.2, 0.25) is 5.91 Å². The lowest BCUT2D eigenvalue weighted by molar-refractivity contribution is -0.116. The van der Waals surface area contributed by atoms with Crippen LogP contribution in [0.15, 0.2) is 115 Å². The summed E-state index contributed by atoms with van der Waals surface area (Å²) in [5.74, 6) is -0.0857. The van der Waals surface area contributed by atoms with E-state index < -0.39 is 12.0 Å². The van der Waals surface area contributed by atoms with Crippen LogP contribution in [0.1, 0.15) is 53.7 Å². The first-order valence-corrected chi connectivity index (χ1v) is 16.8. The van der Waals surface area contributed by atoms with Crippen LogP contribution in [-0.4, -0.2) is 58.2 Å². The molecule has 13 nitrogen and oxygen atoms in total. The number of tetrazole rings is 2. The van der Waals surface area contributed by atoms with Crippen LogP contribution in [0, 0.1) is 0 Å². The normalized spacial score (nSPS) is 11.0. The molecule has 0 aliphatic heterocycles. The Balaban J connectivity index is 1.28. The molecule has 0 aliphatic rings. The number of aromatic amines is 2. The second-order valence-electron chi connectivity index (χ2n) is 12.1. The van der Waals surface area contributed by atoms with Crippen LogP contribution in [0.25, 0.3) is 45.0 Å². The van der Waals surface area contributed by atoms with Gasteiger partial charge in [0.15, 0.2) is 11.6 Å². The number of anilines is 2. The van der Waals surface area contributed by atoms with Gasteiger partial charge in [-0.1, -0.05) is 110 Å². The molecule has 0 saturated carbocycles. The van der Waals surface area contributed by atoms with E-state index in [1.165, 1.54) is 6.07 Å². The third-order valence-electron chi connectivity index (χ3n) is 8.76. The Morgan fingerprint density at radius 3 is 1.65 bits per heavy atom. The maximum atomic E-state index is 12.9. The van der Waals surface area contributed by atoms with Crippen molar-refractivity contribution >= 4 is 23.3 Å². The van der Waals surface area contributed by atoms with Crippen molar-refractivity contribution in [3.63, 3.8) is 0 Å². The Kier molecular flexibility index (Phi) is 9.82. The maximum absolute atomic E-state index is 12.9. The van der Waals surface area contributed by atoms with Gasteiger partial charge in [0.05, 0.1) is 23.0 Å². The third-order valence-corrected chi connectivity index (χ3v) is 8.76. The highest BCUT2D eigenvalue weighted by Gasteiger charge is 2.20. The highest BCUT2D eigenvalue weighted by molar-refractivity contribution is 5.97. The first-order chi connectivity index (χ1) is 25.5. The lowest BCUT2D eigenvalue weighted by Crippen LogP contribution is -2.17. The summed E-state index contributed by atoms with van der Waals surface area (Å²) in [6, 6.07) is 36.2. The topological polar surface area (TPSA) is 187 Å². The van der Waals surface area contributed by atoms with Crippen LogP contribution in [0.3, 0.4) is 0 Å². The highest BCUT2D eigenvalue weighted by Crippen LogP contribution is 2.36. The molecule has 0 radical (unpaired) electrons. The van der Waals surface area contributed by atoms with Gasteiger partial charge in [-0.2, -0.15) is 0 Å². The summed E-state index contributed by atoms with van der Waals surface area (Å²) in [7, 11) is 0. The van der Waals surface area contributed by atoms with E-state index in [1.54, 1.807) is 12.1 Å². The van der Waals surface area contributed by atoms with Gasteiger partial charge in [-0.05, 0) is 78.9 Å². The molecule has 7 rings (SSSR count). The van der Waals surface area contributed by atoms with Crippen molar-refractivity contribution in [2.45, 2.75) is 32.2 Å². The van der Waals surface area contributed by atoms with Crippen LogP contribution in [0.5, 0.6) is 0 Å². The van der Waals surface area contributed by atoms with Crippen molar-refractivity contribution in [2.24, 2.45) is 0 Å². The van der Waals surface area contributed by atoms with Crippen LogP contribution in [0.2, 0.25) is 0 Å². The summed E-state index contributed by atoms with van der Waals surface area (Å²) < 4.78 is 0. The molecule has 13 heteroatoms. The monoisotopic (exact) mass is 690 g/mol. The average Bonchev–Trinajstić information content (AvgIpc) is 3.93. The Morgan fingerprint density at radius 1 is 0.673 bits per heavy atom. The number of rotatable bonds is 13. The Bertz CT molecular complexity index is 2170. The number of hydrogen-bond acceptors (Lipinski definition) is 9. The highest BCUT2D eigenvalue weighted by atomic mass is 16.4. The second-order valence-corrected chi connectivity index (χ2v) is 12.1. The quantitative estimate of drug-likeness (QED) is 0.0815. The fraction of sp³-hybridized carbons (Fsp3) is 0.128. The molecule has 5 aromatic carbocycles. The Labute approximate surface area is 298 Å². The van der Waals surface area contributed by atoms with Crippen molar-refractivity contribution in [1.82, 2.24) is 41.2 Å². The molecule has 0 fully saturated rings. The smallest absolute Gasteiger partial charge is 0.335 e. The van der Waals surface area contributed by atoms with Crippen molar-refractivity contribution in [1.29, 1.82) is 0 Å². The predicted octanol–water partition coefficient (Wildman–Crippen LogP) is 7.41. The average molecular weight is 691 g/mol. The minimum absolute atomic E-state index is 0.0931. The number of aromatic nitrogens is 8. The molecule has 0 aliphatic carbocycles. The number of carboxylic acids is 1.